The van der Waals surface area contributed by atoms with Gasteiger partial charge < -0.3 is 15.7 Å². The van der Waals surface area contributed by atoms with Crippen molar-refractivity contribution < 1.29 is 5.11 Å². The van der Waals surface area contributed by atoms with Gasteiger partial charge in [0.25, 0.3) is 0 Å². The summed E-state index contributed by atoms with van der Waals surface area (Å²) in [7, 11) is 0. The SMILES string of the molecule is NCc1ccc(N2CCCCCC2CO)c2ccccc12. The Morgan fingerprint density at radius 1 is 1.05 bits per heavy atom. The molecule has 1 heterocycles. The predicted molar refractivity (Wildman–Crippen MR) is 88.5 cm³/mol. The van der Waals surface area contributed by atoms with Crippen LogP contribution in [0.2, 0.25) is 0 Å². The fourth-order valence-corrected chi connectivity index (χ4v) is 3.46. The third-order valence-corrected chi connectivity index (χ3v) is 4.61. The molecular formula is C18H24N2O. The Hall–Kier alpha value is -1.58. The van der Waals surface area contributed by atoms with E-state index in [2.05, 4.69) is 41.3 Å². The lowest BCUT2D eigenvalue weighted by molar-refractivity contribution is 0.255. The smallest absolute Gasteiger partial charge is 0.0635 e. The van der Waals surface area contributed by atoms with Crippen molar-refractivity contribution in [3.63, 3.8) is 0 Å². The molecule has 3 nitrogen and oxygen atoms in total. The van der Waals surface area contributed by atoms with E-state index in [-0.39, 0.29) is 12.6 Å². The van der Waals surface area contributed by atoms with Crippen LogP contribution in [-0.2, 0) is 6.54 Å². The second kappa shape index (κ2) is 6.46. The number of rotatable bonds is 3. The summed E-state index contributed by atoms with van der Waals surface area (Å²) in [6, 6.07) is 13.0. The second-order valence-corrected chi connectivity index (χ2v) is 5.87. The molecule has 1 saturated heterocycles. The molecule has 0 aromatic heterocycles. The molecule has 3 N–H and O–H groups in total. The number of anilines is 1. The quantitative estimate of drug-likeness (QED) is 0.911. The normalized spacial score (nSPS) is 19.7. The van der Waals surface area contributed by atoms with Crippen LogP contribution in [-0.4, -0.2) is 24.3 Å². The van der Waals surface area contributed by atoms with Gasteiger partial charge in [-0.1, -0.05) is 43.2 Å². The van der Waals surface area contributed by atoms with E-state index >= 15 is 0 Å². The largest absolute Gasteiger partial charge is 0.394 e. The molecule has 2 aromatic rings. The maximum absolute atomic E-state index is 9.76. The molecule has 0 saturated carbocycles. The van der Waals surface area contributed by atoms with Gasteiger partial charge in [0.15, 0.2) is 0 Å². The minimum atomic E-state index is 0.229. The number of benzene rings is 2. The van der Waals surface area contributed by atoms with Crippen LogP contribution in [0, 0.1) is 0 Å². The monoisotopic (exact) mass is 284 g/mol. The Kier molecular flexibility index (Phi) is 4.42. The second-order valence-electron chi connectivity index (χ2n) is 5.87. The van der Waals surface area contributed by atoms with Crippen LogP contribution in [0.3, 0.4) is 0 Å². The van der Waals surface area contributed by atoms with E-state index in [0.717, 1.165) is 13.0 Å². The van der Waals surface area contributed by atoms with Gasteiger partial charge in [0, 0.05) is 24.2 Å². The van der Waals surface area contributed by atoms with Gasteiger partial charge in [0.05, 0.1) is 12.6 Å². The minimum absolute atomic E-state index is 0.229. The predicted octanol–water partition coefficient (Wildman–Crippen LogP) is 3.04. The first-order chi connectivity index (χ1) is 10.3. The molecule has 0 spiro atoms. The summed E-state index contributed by atoms with van der Waals surface area (Å²) in [5.41, 5.74) is 8.29. The van der Waals surface area contributed by atoms with E-state index in [1.807, 2.05) is 0 Å². The molecular weight excluding hydrogens is 260 g/mol. The molecule has 1 atom stereocenters. The van der Waals surface area contributed by atoms with Crippen molar-refractivity contribution in [2.24, 2.45) is 5.73 Å². The highest BCUT2D eigenvalue weighted by atomic mass is 16.3. The average molecular weight is 284 g/mol. The van der Waals surface area contributed by atoms with Crippen molar-refractivity contribution in [3.05, 3.63) is 42.0 Å². The van der Waals surface area contributed by atoms with Crippen LogP contribution < -0.4 is 10.6 Å². The Balaban J connectivity index is 2.10. The van der Waals surface area contributed by atoms with Crippen LogP contribution in [0.4, 0.5) is 5.69 Å². The summed E-state index contributed by atoms with van der Waals surface area (Å²) in [5, 5.41) is 12.2. The third-order valence-electron chi connectivity index (χ3n) is 4.61. The molecule has 0 aliphatic carbocycles. The number of aliphatic hydroxyl groups excluding tert-OH is 1. The number of nitrogens with two attached hydrogens (primary N) is 1. The highest BCUT2D eigenvalue weighted by Crippen LogP contribution is 2.32. The lowest BCUT2D eigenvalue weighted by Gasteiger charge is -2.32. The summed E-state index contributed by atoms with van der Waals surface area (Å²) < 4.78 is 0. The van der Waals surface area contributed by atoms with Gasteiger partial charge in [-0.05, 0) is 29.9 Å². The first-order valence-corrected chi connectivity index (χ1v) is 7.93. The molecule has 1 unspecified atom stereocenters. The van der Waals surface area contributed by atoms with E-state index in [1.165, 1.54) is 41.3 Å². The van der Waals surface area contributed by atoms with E-state index in [1.54, 1.807) is 0 Å². The van der Waals surface area contributed by atoms with Crippen LogP contribution in [0.15, 0.2) is 36.4 Å². The summed E-state index contributed by atoms with van der Waals surface area (Å²) in [6.07, 6.45) is 4.74. The van der Waals surface area contributed by atoms with E-state index in [9.17, 15) is 5.11 Å². The van der Waals surface area contributed by atoms with Crippen LogP contribution >= 0.6 is 0 Å². The van der Waals surface area contributed by atoms with Crippen LogP contribution in [0.1, 0.15) is 31.2 Å². The highest BCUT2D eigenvalue weighted by Gasteiger charge is 2.22. The molecule has 2 aromatic carbocycles. The Labute approximate surface area is 126 Å². The van der Waals surface area contributed by atoms with Gasteiger partial charge in [-0.3, -0.25) is 0 Å². The molecule has 0 amide bonds. The zero-order valence-corrected chi connectivity index (χ0v) is 12.5. The number of aliphatic hydroxyl groups is 1. The molecule has 0 radical (unpaired) electrons. The number of nitrogens with zero attached hydrogens (tertiary/aromatic N) is 1. The van der Waals surface area contributed by atoms with Crippen molar-refractivity contribution in [2.75, 3.05) is 18.1 Å². The van der Waals surface area contributed by atoms with Crippen molar-refractivity contribution in [1.82, 2.24) is 0 Å². The summed E-state index contributed by atoms with van der Waals surface area (Å²) in [6.45, 7) is 1.81. The van der Waals surface area contributed by atoms with E-state index < -0.39 is 0 Å². The molecule has 21 heavy (non-hydrogen) atoms. The number of fused-ring (bicyclic) bond motifs is 1. The zero-order valence-electron chi connectivity index (χ0n) is 12.5. The van der Waals surface area contributed by atoms with Crippen LogP contribution in [0.5, 0.6) is 0 Å². The Morgan fingerprint density at radius 3 is 2.62 bits per heavy atom. The lowest BCUT2D eigenvalue weighted by Crippen LogP contribution is -2.37. The summed E-state index contributed by atoms with van der Waals surface area (Å²) in [4.78, 5) is 2.40. The van der Waals surface area contributed by atoms with Gasteiger partial charge in [-0.2, -0.15) is 0 Å². The summed E-state index contributed by atoms with van der Waals surface area (Å²) in [5.74, 6) is 0. The maximum atomic E-state index is 9.76. The lowest BCUT2D eigenvalue weighted by atomic mass is 10.0. The van der Waals surface area contributed by atoms with Gasteiger partial charge >= 0.3 is 0 Å². The number of hydrogen-bond donors (Lipinski definition) is 2. The minimum Gasteiger partial charge on any atom is -0.394 e. The first-order valence-electron chi connectivity index (χ1n) is 7.93. The molecule has 3 rings (SSSR count). The maximum Gasteiger partial charge on any atom is 0.0635 e. The van der Waals surface area contributed by atoms with Crippen molar-refractivity contribution >= 4 is 16.5 Å². The van der Waals surface area contributed by atoms with E-state index in [0.29, 0.717) is 6.54 Å². The van der Waals surface area contributed by atoms with Gasteiger partial charge in [0.2, 0.25) is 0 Å². The Bertz CT molecular complexity index is 611. The van der Waals surface area contributed by atoms with Gasteiger partial charge in [0.1, 0.15) is 0 Å². The average Bonchev–Trinajstić information content (AvgIpc) is 2.79. The summed E-state index contributed by atoms with van der Waals surface area (Å²) >= 11 is 0. The fraction of sp³-hybridized carbons (Fsp3) is 0.444. The van der Waals surface area contributed by atoms with Gasteiger partial charge in [-0.15, -0.1) is 0 Å². The van der Waals surface area contributed by atoms with Crippen LogP contribution in [0.25, 0.3) is 10.8 Å². The van der Waals surface area contributed by atoms with Crippen molar-refractivity contribution in [1.29, 1.82) is 0 Å². The number of hydrogen-bond acceptors (Lipinski definition) is 3. The highest BCUT2D eigenvalue weighted by molar-refractivity contribution is 5.96. The first kappa shape index (κ1) is 14.4. The third kappa shape index (κ3) is 2.76. The molecule has 1 fully saturated rings. The molecule has 3 heteroatoms. The van der Waals surface area contributed by atoms with Crippen molar-refractivity contribution in [3.8, 4) is 0 Å². The fourth-order valence-electron chi connectivity index (χ4n) is 3.46. The van der Waals surface area contributed by atoms with E-state index in [4.69, 9.17) is 5.73 Å². The zero-order chi connectivity index (χ0) is 14.7. The topological polar surface area (TPSA) is 49.5 Å². The standard InChI is InChI=1S/C18H24N2O/c19-12-14-9-10-18(17-8-4-3-7-16(14)17)20-11-5-1-2-6-15(20)13-21/h3-4,7-10,15,21H,1-2,5-6,11-13,19H2. The van der Waals surface area contributed by atoms with Crippen molar-refractivity contribution in [2.45, 2.75) is 38.3 Å². The molecule has 112 valence electrons. The molecule has 1 aliphatic rings. The Morgan fingerprint density at radius 2 is 1.86 bits per heavy atom. The van der Waals surface area contributed by atoms with Gasteiger partial charge in [-0.25, -0.2) is 0 Å². The molecule has 0 bridgehead atoms. The molecule has 1 aliphatic heterocycles.